The average molecular weight is 329 g/mol. The van der Waals surface area contributed by atoms with E-state index in [-0.39, 0.29) is 18.4 Å². The quantitative estimate of drug-likeness (QED) is 0.863. The van der Waals surface area contributed by atoms with E-state index >= 15 is 0 Å². The summed E-state index contributed by atoms with van der Waals surface area (Å²) >= 11 is 0. The van der Waals surface area contributed by atoms with Crippen molar-refractivity contribution in [2.45, 2.75) is 63.3 Å². The van der Waals surface area contributed by atoms with Crippen molar-refractivity contribution >= 4 is 11.9 Å². The Morgan fingerprint density at radius 1 is 1.12 bits per heavy atom. The van der Waals surface area contributed by atoms with Crippen molar-refractivity contribution in [3.05, 3.63) is 35.9 Å². The van der Waals surface area contributed by atoms with Gasteiger partial charge in [-0.3, -0.25) is 9.59 Å². The largest absolute Gasteiger partial charge is 0.481 e. The van der Waals surface area contributed by atoms with Crippen LogP contribution in [-0.2, 0) is 9.59 Å². The Kier molecular flexibility index (Phi) is 5.54. The van der Waals surface area contributed by atoms with Crippen LogP contribution in [-0.4, -0.2) is 34.5 Å². The number of aliphatic carboxylic acids is 1. The van der Waals surface area contributed by atoms with Gasteiger partial charge in [0.1, 0.15) is 0 Å². The summed E-state index contributed by atoms with van der Waals surface area (Å²) in [5.74, 6) is 0.567. The minimum atomic E-state index is -0.766. The minimum absolute atomic E-state index is 0.132. The van der Waals surface area contributed by atoms with E-state index in [2.05, 4.69) is 24.3 Å². The number of carbonyl (C=O) groups is 2. The van der Waals surface area contributed by atoms with Crippen LogP contribution in [0.1, 0.15) is 62.8 Å². The van der Waals surface area contributed by atoms with E-state index in [4.69, 9.17) is 5.11 Å². The zero-order chi connectivity index (χ0) is 16.9. The highest BCUT2D eigenvalue weighted by Crippen LogP contribution is 2.43. The molecule has 130 valence electrons. The van der Waals surface area contributed by atoms with Crippen LogP contribution in [0.2, 0.25) is 0 Å². The topological polar surface area (TPSA) is 57.6 Å². The molecule has 1 amide bonds. The first-order valence-electron chi connectivity index (χ1n) is 9.19. The van der Waals surface area contributed by atoms with Crippen LogP contribution in [0.15, 0.2) is 30.3 Å². The van der Waals surface area contributed by atoms with Crippen LogP contribution in [0.3, 0.4) is 0 Å². The van der Waals surface area contributed by atoms with Gasteiger partial charge in [-0.2, -0.15) is 0 Å². The molecule has 1 aromatic carbocycles. The van der Waals surface area contributed by atoms with E-state index in [1.165, 1.54) is 5.56 Å². The lowest BCUT2D eigenvalue weighted by Gasteiger charge is -2.40. The Hall–Kier alpha value is -1.84. The molecule has 1 aliphatic heterocycles. The van der Waals surface area contributed by atoms with Crippen molar-refractivity contribution in [3.8, 4) is 0 Å². The summed E-state index contributed by atoms with van der Waals surface area (Å²) in [6.45, 7) is 0.804. The maximum absolute atomic E-state index is 12.7. The molecule has 24 heavy (non-hydrogen) atoms. The van der Waals surface area contributed by atoms with Crippen molar-refractivity contribution in [2.24, 2.45) is 5.92 Å². The first kappa shape index (κ1) is 17.0. The molecule has 0 bridgehead atoms. The zero-order valence-corrected chi connectivity index (χ0v) is 14.2. The second-order valence-corrected chi connectivity index (χ2v) is 7.32. The molecule has 1 heterocycles. The number of likely N-dealkylation sites (tertiary alicyclic amines) is 1. The number of carboxylic acids is 1. The molecule has 0 aromatic heterocycles. The number of benzene rings is 1. The van der Waals surface area contributed by atoms with Crippen molar-refractivity contribution < 1.29 is 14.7 Å². The summed E-state index contributed by atoms with van der Waals surface area (Å²) in [5.41, 5.74) is 1.39. The fourth-order valence-corrected chi connectivity index (χ4v) is 4.18. The van der Waals surface area contributed by atoms with Crippen LogP contribution in [0, 0.1) is 5.92 Å². The lowest BCUT2D eigenvalue weighted by molar-refractivity contribution is -0.140. The molecule has 1 aliphatic carbocycles. The Balaban J connectivity index is 1.48. The molecule has 0 spiro atoms. The summed E-state index contributed by atoms with van der Waals surface area (Å²) in [6.07, 6.45) is 6.70. The highest BCUT2D eigenvalue weighted by Gasteiger charge is 2.34. The number of piperidine rings is 1. The van der Waals surface area contributed by atoms with E-state index < -0.39 is 5.97 Å². The molecule has 1 aromatic rings. The van der Waals surface area contributed by atoms with Gasteiger partial charge < -0.3 is 10.0 Å². The number of amides is 1. The van der Waals surface area contributed by atoms with Gasteiger partial charge in [0, 0.05) is 25.4 Å². The minimum Gasteiger partial charge on any atom is -0.481 e. The molecule has 1 unspecified atom stereocenters. The summed E-state index contributed by atoms with van der Waals surface area (Å²) in [5, 5.41) is 8.90. The van der Waals surface area contributed by atoms with E-state index in [1.807, 2.05) is 11.0 Å². The van der Waals surface area contributed by atoms with Crippen molar-refractivity contribution in [1.29, 1.82) is 0 Å². The highest BCUT2D eigenvalue weighted by atomic mass is 16.4. The van der Waals surface area contributed by atoms with E-state index in [1.54, 1.807) is 0 Å². The molecule has 3 rings (SSSR count). The molecule has 1 saturated heterocycles. The average Bonchev–Trinajstić information content (AvgIpc) is 2.56. The van der Waals surface area contributed by atoms with Crippen molar-refractivity contribution in [3.63, 3.8) is 0 Å². The molecule has 2 fully saturated rings. The van der Waals surface area contributed by atoms with E-state index in [9.17, 15) is 9.59 Å². The maximum atomic E-state index is 12.7. The second kappa shape index (κ2) is 7.82. The lowest BCUT2D eigenvalue weighted by Crippen LogP contribution is -2.45. The number of rotatable bonds is 6. The van der Waals surface area contributed by atoms with Gasteiger partial charge in [-0.05, 0) is 55.9 Å². The fraction of sp³-hybridized carbons (Fsp3) is 0.600. The van der Waals surface area contributed by atoms with Crippen LogP contribution in [0.4, 0.5) is 0 Å². The van der Waals surface area contributed by atoms with Gasteiger partial charge >= 0.3 is 5.97 Å². The van der Waals surface area contributed by atoms with Gasteiger partial charge in [0.05, 0.1) is 0 Å². The summed E-state index contributed by atoms with van der Waals surface area (Å²) in [6, 6.07) is 10.7. The van der Waals surface area contributed by atoms with Gasteiger partial charge in [-0.15, -0.1) is 0 Å². The van der Waals surface area contributed by atoms with E-state index in [0.29, 0.717) is 24.7 Å². The maximum Gasteiger partial charge on any atom is 0.303 e. The Morgan fingerprint density at radius 2 is 1.88 bits per heavy atom. The number of carbonyl (C=O) groups excluding carboxylic acids is 1. The summed E-state index contributed by atoms with van der Waals surface area (Å²) < 4.78 is 0. The van der Waals surface area contributed by atoms with E-state index in [0.717, 1.165) is 38.6 Å². The molecule has 4 heteroatoms. The number of nitrogens with zero attached hydrogens (tertiary/aromatic N) is 1. The third-order valence-electron chi connectivity index (χ3n) is 5.61. The molecule has 1 saturated carbocycles. The van der Waals surface area contributed by atoms with Gasteiger partial charge in [0.15, 0.2) is 0 Å². The predicted octanol–water partition coefficient (Wildman–Crippen LogP) is 3.82. The Bertz CT molecular complexity index is 566. The van der Waals surface area contributed by atoms with Gasteiger partial charge in [0.25, 0.3) is 0 Å². The first-order chi connectivity index (χ1) is 11.6. The molecule has 1 N–H and O–H groups in total. The lowest BCUT2D eigenvalue weighted by atomic mass is 9.70. The van der Waals surface area contributed by atoms with Gasteiger partial charge in [0.2, 0.25) is 5.91 Å². The van der Waals surface area contributed by atoms with Crippen LogP contribution < -0.4 is 0 Å². The third-order valence-corrected chi connectivity index (χ3v) is 5.61. The number of carboxylic acid groups (broad SMARTS) is 1. The van der Waals surface area contributed by atoms with Crippen LogP contribution in [0.25, 0.3) is 0 Å². The van der Waals surface area contributed by atoms with Crippen molar-refractivity contribution in [1.82, 2.24) is 4.90 Å². The zero-order valence-electron chi connectivity index (χ0n) is 14.2. The predicted molar refractivity (Wildman–Crippen MR) is 92.7 cm³/mol. The van der Waals surface area contributed by atoms with Gasteiger partial charge in [-0.25, -0.2) is 0 Å². The molecule has 0 radical (unpaired) electrons. The van der Waals surface area contributed by atoms with Crippen LogP contribution in [0.5, 0.6) is 0 Å². The summed E-state index contributed by atoms with van der Waals surface area (Å²) in [4.78, 5) is 25.5. The monoisotopic (exact) mass is 329 g/mol. The molecular formula is C20H27NO3. The summed E-state index contributed by atoms with van der Waals surface area (Å²) in [7, 11) is 0. The molecule has 4 nitrogen and oxygen atoms in total. The first-order valence-corrected chi connectivity index (χ1v) is 9.19. The molecule has 1 atom stereocenters. The second-order valence-electron chi connectivity index (χ2n) is 7.32. The number of hydrogen-bond donors (Lipinski definition) is 1. The highest BCUT2D eigenvalue weighted by molar-refractivity contribution is 5.77. The normalized spacial score (nSPS) is 26.7. The van der Waals surface area contributed by atoms with Crippen molar-refractivity contribution in [2.75, 3.05) is 6.54 Å². The third kappa shape index (κ3) is 4.16. The smallest absolute Gasteiger partial charge is 0.303 e. The number of hydrogen-bond acceptors (Lipinski definition) is 2. The van der Waals surface area contributed by atoms with Gasteiger partial charge in [-0.1, -0.05) is 30.3 Å². The Labute approximate surface area is 143 Å². The molecular weight excluding hydrogens is 302 g/mol. The Morgan fingerprint density at radius 3 is 2.58 bits per heavy atom. The fourth-order valence-electron chi connectivity index (χ4n) is 4.18. The standard InChI is InChI=1S/C20H27NO3/c22-19(21-11-5-4-8-18(21)9-10-20(23)24)14-15-12-17(13-15)16-6-2-1-3-7-16/h1-3,6-7,15,17-18H,4-5,8-14H2,(H,23,24). The SMILES string of the molecule is O=C(O)CCC1CCCCN1C(=O)CC1CC(c2ccccc2)C1. The molecule has 2 aliphatic rings. The van der Waals surface area contributed by atoms with Crippen LogP contribution >= 0.6 is 0 Å².